The number of allylic oxidation sites excluding steroid dienone is 1. The lowest BCUT2D eigenvalue weighted by Gasteiger charge is -2.64. The maximum Gasteiger partial charge on any atom is 0.167 e. The predicted octanol–water partition coefficient (Wildman–Crippen LogP) is 4.38. The quantitative estimate of drug-likeness (QED) is 0.518. The Kier molecular flexibility index (Phi) is 2.88. The second-order valence-electron chi connectivity index (χ2n) is 6.83. The number of alkyl halides is 1. The molecule has 2 saturated heterocycles. The van der Waals surface area contributed by atoms with E-state index in [1.165, 1.54) is 0 Å². The van der Waals surface area contributed by atoms with Crippen molar-refractivity contribution in [1.29, 1.82) is 0 Å². The van der Waals surface area contributed by atoms with E-state index in [1.54, 1.807) is 0 Å². The van der Waals surface area contributed by atoms with Gasteiger partial charge >= 0.3 is 0 Å². The maximum absolute atomic E-state index is 6.67. The molecule has 5 atom stereocenters. The zero-order valence-corrected chi connectivity index (χ0v) is 14.1. The second kappa shape index (κ2) is 3.88. The van der Waals surface area contributed by atoms with Gasteiger partial charge in [-0.05, 0) is 24.8 Å². The summed E-state index contributed by atoms with van der Waals surface area (Å²) in [4.78, 5) is -0.488. The first-order valence-corrected chi connectivity index (χ1v) is 7.84. The van der Waals surface area contributed by atoms with Gasteiger partial charge in [0.1, 0.15) is 0 Å². The largest absolute Gasteiger partial charge is 0.346 e. The standard InChI is InChI=1S/C15H20BrClO2/c1-8(2)9-6-15-11(19-12(15)18-9)14(5,17)7-10(16)13(15,3)4/h7,9,11-12H,1,6H2,2-5H3/t9-,11-,12+,14-,15+/m1/s1. The van der Waals surface area contributed by atoms with E-state index >= 15 is 0 Å². The molecule has 0 aromatic carbocycles. The lowest BCUT2D eigenvalue weighted by molar-refractivity contribution is -0.349. The summed E-state index contributed by atoms with van der Waals surface area (Å²) < 4.78 is 13.2. The first-order valence-electron chi connectivity index (χ1n) is 6.67. The van der Waals surface area contributed by atoms with Crippen LogP contribution in [0.1, 0.15) is 34.1 Å². The first-order chi connectivity index (χ1) is 8.63. The summed E-state index contributed by atoms with van der Waals surface area (Å²) in [5.74, 6) is 0. The molecule has 0 aromatic heterocycles. The van der Waals surface area contributed by atoms with Gasteiger partial charge in [0.15, 0.2) is 6.29 Å². The number of halogens is 2. The number of hydrogen-bond donors (Lipinski definition) is 0. The normalized spacial score (nSPS) is 50.8. The van der Waals surface area contributed by atoms with Gasteiger partial charge in [0.05, 0.1) is 22.5 Å². The Bertz CT molecular complexity index is 483. The molecule has 2 aliphatic heterocycles. The summed E-state index contributed by atoms with van der Waals surface area (Å²) in [6.45, 7) is 12.5. The zero-order valence-electron chi connectivity index (χ0n) is 11.8. The Morgan fingerprint density at radius 2 is 2.05 bits per heavy atom. The fraction of sp³-hybridized carbons (Fsp3) is 0.733. The van der Waals surface area contributed by atoms with Crippen LogP contribution in [-0.2, 0) is 9.47 Å². The molecule has 0 unspecified atom stereocenters. The van der Waals surface area contributed by atoms with Crippen LogP contribution in [0.4, 0.5) is 0 Å². The molecule has 0 N–H and O–H groups in total. The van der Waals surface area contributed by atoms with Gasteiger partial charge in [-0.2, -0.15) is 0 Å². The van der Waals surface area contributed by atoms with E-state index in [0.717, 1.165) is 16.5 Å². The van der Waals surface area contributed by atoms with Crippen LogP contribution in [0, 0.1) is 10.8 Å². The van der Waals surface area contributed by atoms with Crippen molar-refractivity contribution < 1.29 is 9.47 Å². The molecule has 0 bridgehead atoms. The first kappa shape index (κ1) is 14.1. The Morgan fingerprint density at radius 3 is 2.63 bits per heavy atom. The average molecular weight is 348 g/mol. The summed E-state index contributed by atoms with van der Waals surface area (Å²) in [6.07, 6.45) is 2.89. The van der Waals surface area contributed by atoms with Crippen molar-refractivity contribution >= 4 is 27.5 Å². The highest BCUT2D eigenvalue weighted by atomic mass is 79.9. The number of rotatable bonds is 1. The highest BCUT2D eigenvalue weighted by Crippen LogP contribution is 2.70. The summed E-state index contributed by atoms with van der Waals surface area (Å²) in [7, 11) is 0. The van der Waals surface area contributed by atoms with Crippen LogP contribution in [0.5, 0.6) is 0 Å². The molecular weight excluding hydrogens is 328 g/mol. The van der Waals surface area contributed by atoms with E-state index in [9.17, 15) is 0 Å². The number of hydrogen-bond acceptors (Lipinski definition) is 2. The van der Waals surface area contributed by atoms with E-state index in [2.05, 4.69) is 42.4 Å². The molecule has 3 rings (SSSR count). The van der Waals surface area contributed by atoms with Crippen LogP contribution >= 0.6 is 27.5 Å². The lowest BCUT2D eigenvalue weighted by Crippen LogP contribution is -2.71. The number of ether oxygens (including phenoxy) is 2. The van der Waals surface area contributed by atoms with Gasteiger partial charge < -0.3 is 9.47 Å². The highest BCUT2D eigenvalue weighted by Gasteiger charge is 2.75. The van der Waals surface area contributed by atoms with Crippen molar-refractivity contribution in [2.24, 2.45) is 10.8 Å². The van der Waals surface area contributed by atoms with E-state index in [4.69, 9.17) is 21.1 Å². The molecule has 0 aromatic rings. The fourth-order valence-electron chi connectivity index (χ4n) is 3.81. The Labute approximate surface area is 128 Å². The molecular formula is C15H20BrClO2. The van der Waals surface area contributed by atoms with Crippen molar-refractivity contribution in [2.75, 3.05) is 0 Å². The molecule has 19 heavy (non-hydrogen) atoms. The van der Waals surface area contributed by atoms with Gasteiger partial charge in [0.25, 0.3) is 0 Å². The van der Waals surface area contributed by atoms with Gasteiger partial charge in [-0.15, -0.1) is 11.6 Å². The van der Waals surface area contributed by atoms with Crippen LogP contribution in [0.25, 0.3) is 0 Å². The van der Waals surface area contributed by atoms with E-state index in [-0.39, 0.29) is 29.3 Å². The summed E-state index contributed by atoms with van der Waals surface area (Å²) in [6, 6.07) is 0. The molecule has 3 aliphatic rings. The second-order valence-corrected chi connectivity index (χ2v) is 8.50. The molecule has 4 heteroatoms. The van der Waals surface area contributed by atoms with Gasteiger partial charge in [0.2, 0.25) is 0 Å². The molecule has 1 aliphatic carbocycles. The minimum absolute atomic E-state index is 0.00711. The molecule has 0 amide bonds. The summed E-state index contributed by atoms with van der Waals surface area (Å²) in [5, 5.41) is 0. The van der Waals surface area contributed by atoms with Crippen LogP contribution in [0.3, 0.4) is 0 Å². The molecule has 2 heterocycles. The van der Waals surface area contributed by atoms with E-state index in [1.807, 2.05) is 13.8 Å². The van der Waals surface area contributed by atoms with Gasteiger partial charge in [-0.25, -0.2) is 0 Å². The molecule has 0 saturated carbocycles. The maximum atomic E-state index is 6.67. The van der Waals surface area contributed by atoms with Gasteiger partial charge in [0, 0.05) is 5.41 Å². The fourth-order valence-corrected chi connectivity index (χ4v) is 5.14. The van der Waals surface area contributed by atoms with Crippen LogP contribution in [0.15, 0.2) is 22.7 Å². The monoisotopic (exact) mass is 346 g/mol. The molecule has 2 nitrogen and oxygen atoms in total. The third kappa shape index (κ3) is 1.56. The van der Waals surface area contributed by atoms with Crippen LogP contribution in [0.2, 0.25) is 0 Å². The van der Waals surface area contributed by atoms with E-state index < -0.39 is 4.87 Å². The molecule has 106 valence electrons. The SMILES string of the molecule is C=C(C)[C@H]1C[C@@]23[C@@H](O1)O[C@@H]2[C@](C)(Cl)C=C(Br)C3(C)C. The van der Waals surface area contributed by atoms with Gasteiger partial charge in [-0.3, -0.25) is 0 Å². The lowest BCUT2D eigenvalue weighted by atomic mass is 9.52. The summed E-state index contributed by atoms with van der Waals surface area (Å²) >= 11 is 10.4. The van der Waals surface area contributed by atoms with Crippen molar-refractivity contribution in [3.05, 3.63) is 22.7 Å². The molecule has 2 fully saturated rings. The topological polar surface area (TPSA) is 18.5 Å². The molecule has 0 radical (unpaired) electrons. The third-order valence-corrected chi connectivity index (χ3v) is 6.72. The zero-order chi connectivity index (χ0) is 14.2. The van der Waals surface area contributed by atoms with Gasteiger partial charge in [-0.1, -0.05) is 48.0 Å². The summed E-state index contributed by atoms with van der Waals surface area (Å²) in [5.41, 5.74) is 0.948. The predicted molar refractivity (Wildman–Crippen MR) is 80.4 cm³/mol. The highest BCUT2D eigenvalue weighted by molar-refractivity contribution is 9.11. The van der Waals surface area contributed by atoms with E-state index in [0.29, 0.717) is 0 Å². The minimum atomic E-state index is -0.488. The Morgan fingerprint density at radius 1 is 1.42 bits per heavy atom. The Balaban J connectivity index is 2.08. The molecule has 1 spiro atoms. The smallest absolute Gasteiger partial charge is 0.167 e. The minimum Gasteiger partial charge on any atom is -0.346 e. The van der Waals surface area contributed by atoms with Crippen molar-refractivity contribution in [3.63, 3.8) is 0 Å². The Hall–Kier alpha value is 0.170. The van der Waals surface area contributed by atoms with Crippen molar-refractivity contribution in [1.82, 2.24) is 0 Å². The van der Waals surface area contributed by atoms with Crippen LogP contribution < -0.4 is 0 Å². The average Bonchev–Trinajstić information content (AvgIpc) is 2.50. The van der Waals surface area contributed by atoms with Crippen molar-refractivity contribution in [2.45, 2.75) is 57.5 Å². The van der Waals surface area contributed by atoms with Crippen LogP contribution in [-0.4, -0.2) is 23.4 Å². The third-order valence-electron chi connectivity index (χ3n) is 5.19. The van der Waals surface area contributed by atoms with Crippen molar-refractivity contribution in [3.8, 4) is 0 Å².